The highest BCUT2D eigenvalue weighted by Crippen LogP contribution is 2.45. The molecule has 10 atom stereocenters. The van der Waals surface area contributed by atoms with Crippen LogP contribution < -0.4 is 5.43 Å². The molecule has 0 aliphatic carbocycles. The summed E-state index contributed by atoms with van der Waals surface area (Å²) in [6.07, 6.45) is -15.8. The van der Waals surface area contributed by atoms with Crippen molar-refractivity contribution in [3.8, 4) is 28.6 Å². The average molecular weight is 579 g/mol. The van der Waals surface area contributed by atoms with Gasteiger partial charge in [-0.25, -0.2) is 0 Å². The number of benzene rings is 2. The zero-order chi connectivity index (χ0) is 29.7. The highest BCUT2D eigenvalue weighted by Gasteiger charge is 2.51. The molecule has 3 heterocycles. The van der Waals surface area contributed by atoms with Crippen LogP contribution in [0.25, 0.3) is 22.3 Å². The van der Waals surface area contributed by atoms with Gasteiger partial charge in [-0.2, -0.15) is 0 Å². The molecule has 1 aromatic heterocycles. The van der Waals surface area contributed by atoms with E-state index in [1.165, 1.54) is 31.2 Å². The molecule has 41 heavy (non-hydrogen) atoms. The van der Waals surface area contributed by atoms with Crippen molar-refractivity contribution in [1.29, 1.82) is 0 Å². The third kappa shape index (κ3) is 5.14. The molecule has 14 heteroatoms. The van der Waals surface area contributed by atoms with Crippen LogP contribution in [0.1, 0.15) is 18.6 Å². The van der Waals surface area contributed by atoms with Crippen molar-refractivity contribution >= 4 is 11.0 Å². The number of phenolic OH excluding ortho intramolecular Hbond substituents is 3. The van der Waals surface area contributed by atoms with Gasteiger partial charge in [0, 0.05) is 17.7 Å². The van der Waals surface area contributed by atoms with Crippen molar-refractivity contribution < 1.29 is 64.6 Å². The molecule has 0 radical (unpaired) electrons. The van der Waals surface area contributed by atoms with E-state index in [2.05, 4.69) is 0 Å². The number of aromatic hydroxyl groups is 3. The van der Waals surface area contributed by atoms with Gasteiger partial charge in [0.2, 0.25) is 0 Å². The van der Waals surface area contributed by atoms with Crippen LogP contribution >= 0.6 is 0 Å². The summed E-state index contributed by atoms with van der Waals surface area (Å²) in [5, 5.41) is 93.1. The number of rotatable bonds is 5. The van der Waals surface area contributed by atoms with Crippen molar-refractivity contribution in [3.05, 3.63) is 52.2 Å². The third-order valence-corrected chi connectivity index (χ3v) is 7.41. The Labute approximate surface area is 231 Å². The monoisotopic (exact) mass is 578 g/mol. The summed E-state index contributed by atoms with van der Waals surface area (Å²) < 4.78 is 22.4. The summed E-state index contributed by atoms with van der Waals surface area (Å²) in [7, 11) is 0. The Hall–Kier alpha value is -3.31. The van der Waals surface area contributed by atoms with E-state index < -0.39 is 90.3 Å². The van der Waals surface area contributed by atoms with Crippen LogP contribution in [0, 0.1) is 0 Å². The topological polar surface area (TPSA) is 240 Å². The molecule has 2 aromatic carbocycles. The second-order valence-corrected chi connectivity index (χ2v) is 10.1. The van der Waals surface area contributed by atoms with E-state index in [1.54, 1.807) is 0 Å². The number of aliphatic hydroxyl groups is 6. The van der Waals surface area contributed by atoms with Gasteiger partial charge >= 0.3 is 0 Å². The Morgan fingerprint density at radius 2 is 1.54 bits per heavy atom. The van der Waals surface area contributed by atoms with Gasteiger partial charge in [0.1, 0.15) is 82.8 Å². The van der Waals surface area contributed by atoms with Crippen molar-refractivity contribution in [3.63, 3.8) is 0 Å². The fourth-order valence-electron chi connectivity index (χ4n) is 5.13. The lowest BCUT2D eigenvalue weighted by atomic mass is 9.89. The molecular weight excluding hydrogens is 548 g/mol. The predicted octanol–water partition coefficient (Wildman–Crippen LogP) is -1.06. The molecule has 0 saturated carbocycles. The first-order chi connectivity index (χ1) is 19.4. The Bertz CT molecular complexity index is 1450. The molecule has 0 spiro atoms. The molecule has 5 rings (SSSR count). The molecule has 10 unspecified atom stereocenters. The molecule has 2 fully saturated rings. The first-order valence-electron chi connectivity index (χ1n) is 12.7. The van der Waals surface area contributed by atoms with Crippen LogP contribution in [0.2, 0.25) is 0 Å². The van der Waals surface area contributed by atoms with Crippen molar-refractivity contribution in [2.45, 2.75) is 68.1 Å². The van der Waals surface area contributed by atoms with Gasteiger partial charge in [-0.05, 0) is 31.2 Å². The van der Waals surface area contributed by atoms with Crippen molar-refractivity contribution in [2.75, 3.05) is 6.61 Å². The van der Waals surface area contributed by atoms with E-state index in [-0.39, 0.29) is 22.5 Å². The van der Waals surface area contributed by atoms with Gasteiger partial charge in [0.25, 0.3) is 0 Å². The summed E-state index contributed by atoms with van der Waals surface area (Å²) in [6.45, 7) is 0.607. The lowest BCUT2D eigenvalue weighted by Gasteiger charge is -2.46. The zero-order valence-electron chi connectivity index (χ0n) is 21.5. The van der Waals surface area contributed by atoms with E-state index in [1.807, 2.05) is 0 Å². The fourth-order valence-corrected chi connectivity index (χ4v) is 5.13. The number of hydrogen-bond donors (Lipinski definition) is 9. The molecule has 9 N–H and O–H groups in total. The predicted molar refractivity (Wildman–Crippen MR) is 137 cm³/mol. The third-order valence-electron chi connectivity index (χ3n) is 7.41. The Morgan fingerprint density at radius 1 is 0.854 bits per heavy atom. The number of ether oxygens (including phenoxy) is 3. The zero-order valence-corrected chi connectivity index (χ0v) is 21.5. The largest absolute Gasteiger partial charge is 0.508 e. The van der Waals surface area contributed by atoms with Crippen LogP contribution in [0.15, 0.2) is 45.6 Å². The smallest absolute Gasteiger partial charge is 0.197 e. The Kier molecular flexibility index (Phi) is 7.95. The Morgan fingerprint density at radius 3 is 2.20 bits per heavy atom. The van der Waals surface area contributed by atoms with E-state index >= 15 is 0 Å². The standard InChI is InChI=1S/C27H30O14/c1-9-19(32)21(34)24(37)27(38-9)41-25-16(8-28)40-26(23(36)22(25)35)18-13(31)7-15-17(20(18)33)12(30)6-14(39-15)10-2-4-11(29)5-3-10/h2-7,9,16,19,21-29,31-37H,8H2,1H3. The maximum absolute atomic E-state index is 13.0. The summed E-state index contributed by atoms with van der Waals surface area (Å²) in [5.74, 6) is -1.38. The summed E-state index contributed by atoms with van der Waals surface area (Å²) in [6, 6.07) is 7.86. The molecule has 0 bridgehead atoms. The van der Waals surface area contributed by atoms with E-state index in [0.29, 0.717) is 5.56 Å². The van der Waals surface area contributed by atoms with Crippen molar-refractivity contribution in [1.82, 2.24) is 0 Å². The van der Waals surface area contributed by atoms with Crippen LogP contribution in [0.5, 0.6) is 17.2 Å². The number of aliphatic hydroxyl groups excluding tert-OH is 6. The maximum Gasteiger partial charge on any atom is 0.197 e. The Balaban J connectivity index is 1.47. The van der Waals surface area contributed by atoms with Gasteiger partial charge in [0.05, 0.1) is 18.3 Å². The van der Waals surface area contributed by atoms with Gasteiger partial charge in [-0.1, -0.05) is 0 Å². The number of phenols is 3. The molecular formula is C27H30O14. The van der Waals surface area contributed by atoms with Crippen molar-refractivity contribution in [2.24, 2.45) is 0 Å². The lowest BCUT2D eigenvalue weighted by Crippen LogP contribution is -2.62. The average Bonchev–Trinajstić information content (AvgIpc) is 2.93. The highest BCUT2D eigenvalue weighted by atomic mass is 16.7. The van der Waals surface area contributed by atoms with Crippen LogP contribution in [-0.4, -0.2) is 108 Å². The van der Waals surface area contributed by atoms with E-state index in [0.717, 1.165) is 12.1 Å². The molecule has 0 amide bonds. The fraction of sp³-hybridized carbons (Fsp3) is 0.444. The van der Waals surface area contributed by atoms with Crippen LogP contribution in [0.3, 0.4) is 0 Å². The molecule has 3 aromatic rings. The maximum atomic E-state index is 13.0. The first kappa shape index (κ1) is 29.2. The van der Waals surface area contributed by atoms with Gasteiger partial charge < -0.3 is 64.6 Å². The molecule has 222 valence electrons. The highest BCUT2D eigenvalue weighted by molar-refractivity contribution is 5.88. The summed E-state index contributed by atoms with van der Waals surface area (Å²) >= 11 is 0. The minimum absolute atomic E-state index is 0.00717. The van der Waals surface area contributed by atoms with Gasteiger partial charge in [0.15, 0.2) is 11.7 Å². The lowest BCUT2D eigenvalue weighted by molar-refractivity contribution is -0.338. The van der Waals surface area contributed by atoms with Crippen LogP contribution in [-0.2, 0) is 14.2 Å². The van der Waals surface area contributed by atoms with Gasteiger partial charge in [-0.3, -0.25) is 4.79 Å². The normalized spacial score (nSPS) is 34.1. The first-order valence-corrected chi connectivity index (χ1v) is 12.7. The van der Waals surface area contributed by atoms with Gasteiger partial charge in [-0.15, -0.1) is 0 Å². The molecule has 2 aliphatic heterocycles. The summed E-state index contributed by atoms with van der Waals surface area (Å²) in [5.41, 5.74) is -0.952. The molecule has 14 nitrogen and oxygen atoms in total. The minimum Gasteiger partial charge on any atom is -0.508 e. The van der Waals surface area contributed by atoms with E-state index in [9.17, 15) is 50.8 Å². The van der Waals surface area contributed by atoms with E-state index in [4.69, 9.17) is 18.6 Å². The SMILES string of the molecule is CC1OC(OC2C(CO)OC(c3c(O)cc4oc(-c5ccc(O)cc5)cc(=O)c4c3O)C(O)C2O)C(O)C(O)C1O. The second-order valence-electron chi connectivity index (χ2n) is 10.1. The number of fused-ring (bicyclic) bond motifs is 1. The summed E-state index contributed by atoms with van der Waals surface area (Å²) in [4.78, 5) is 13.0. The minimum atomic E-state index is -1.91. The molecule has 2 saturated heterocycles. The second kappa shape index (κ2) is 11.2. The molecule has 2 aliphatic rings. The number of hydrogen-bond acceptors (Lipinski definition) is 14. The van der Waals surface area contributed by atoms with Crippen LogP contribution in [0.4, 0.5) is 0 Å². The quantitative estimate of drug-likeness (QED) is 0.175.